The smallest absolute Gasteiger partial charge is 0.333 e. The number of hydrogen-bond donors (Lipinski definition) is 2. The lowest BCUT2D eigenvalue weighted by molar-refractivity contribution is 0.0955. The molecule has 2 heterocycles. The van der Waals surface area contributed by atoms with Gasteiger partial charge in [0.2, 0.25) is 0 Å². The number of amides is 1. The van der Waals surface area contributed by atoms with Crippen molar-refractivity contribution in [3.63, 3.8) is 0 Å². The van der Waals surface area contributed by atoms with Crippen LogP contribution in [0.1, 0.15) is 42.5 Å². The van der Waals surface area contributed by atoms with Crippen molar-refractivity contribution in [2.24, 2.45) is 7.05 Å². The van der Waals surface area contributed by atoms with E-state index < -0.39 is 11.2 Å². The van der Waals surface area contributed by atoms with Crippen LogP contribution in [0, 0.1) is 0 Å². The third kappa shape index (κ3) is 3.85. The standard InChI is InChI=1S/C22H23ClN4O3/c1-26-13-17(20(28)24-12-11-14-5-3-2-4-6-14)18-19(26)21(29)27(22(30)25-18)16-9-7-15(23)8-10-16/h5,7-10,13H,2-4,6,11-12H2,1H3,(H,24,28)(H,25,30). The number of nitrogens with zero attached hydrogens (tertiary/aromatic N) is 2. The molecule has 0 saturated carbocycles. The van der Waals surface area contributed by atoms with Crippen molar-refractivity contribution in [1.29, 1.82) is 0 Å². The van der Waals surface area contributed by atoms with Crippen LogP contribution in [0.25, 0.3) is 16.7 Å². The molecule has 2 N–H and O–H groups in total. The summed E-state index contributed by atoms with van der Waals surface area (Å²) >= 11 is 5.90. The number of benzene rings is 1. The highest BCUT2D eigenvalue weighted by Crippen LogP contribution is 2.20. The maximum Gasteiger partial charge on any atom is 0.333 e. The maximum absolute atomic E-state index is 13.1. The number of aromatic amines is 1. The van der Waals surface area contributed by atoms with Crippen molar-refractivity contribution in [1.82, 2.24) is 19.4 Å². The van der Waals surface area contributed by atoms with Gasteiger partial charge in [0.05, 0.1) is 16.8 Å². The Morgan fingerprint density at radius 1 is 1.20 bits per heavy atom. The number of hydrogen-bond acceptors (Lipinski definition) is 3. The van der Waals surface area contributed by atoms with E-state index in [4.69, 9.17) is 11.6 Å². The summed E-state index contributed by atoms with van der Waals surface area (Å²) in [5, 5.41) is 3.41. The van der Waals surface area contributed by atoms with E-state index in [1.807, 2.05) is 0 Å². The van der Waals surface area contributed by atoms with Gasteiger partial charge < -0.3 is 14.9 Å². The van der Waals surface area contributed by atoms with Crippen LogP contribution in [-0.4, -0.2) is 26.6 Å². The molecule has 1 aliphatic carbocycles. The monoisotopic (exact) mass is 426 g/mol. The van der Waals surface area contributed by atoms with Crippen LogP contribution in [0.5, 0.6) is 0 Å². The van der Waals surface area contributed by atoms with Gasteiger partial charge in [-0.3, -0.25) is 9.59 Å². The van der Waals surface area contributed by atoms with Crippen LogP contribution in [0.2, 0.25) is 5.02 Å². The van der Waals surface area contributed by atoms with Crippen molar-refractivity contribution >= 4 is 28.5 Å². The molecule has 0 spiro atoms. The largest absolute Gasteiger partial charge is 0.352 e. The number of halogens is 1. The van der Waals surface area contributed by atoms with Crippen molar-refractivity contribution in [3.8, 4) is 5.69 Å². The molecule has 0 bridgehead atoms. The molecule has 0 aliphatic heterocycles. The van der Waals surface area contributed by atoms with Gasteiger partial charge in [0.15, 0.2) is 0 Å². The summed E-state index contributed by atoms with van der Waals surface area (Å²) in [6.07, 6.45) is 9.26. The average molecular weight is 427 g/mol. The van der Waals surface area contributed by atoms with Crippen LogP contribution in [0.3, 0.4) is 0 Å². The lowest BCUT2D eigenvalue weighted by Crippen LogP contribution is -2.34. The molecule has 4 rings (SSSR count). The van der Waals surface area contributed by atoms with Gasteiger partial charge in [0.25, 0.3) is 11.5 Å². The van der Waals surface area contributed by atoms with Gasteiger partial charge in [-0.15, -0.1) is 0 Å². The third-order valence-electron chi connectivity index (χ3n) is 5.47. The van der Waals surface area contributed by atoms with Crippen LogP contribution in [0.4, 0.5) is 0 Å². The molecule has 3 aromatic rings. The van der Waals surface area contributed by atoms with Crippen LogP contribution in [-0.2, 0) is 7.05 Å². The van der Waals surface area contributed by atoms with E-state index in [9.17, 15) is 14.4 Å². The minimum Gasteiger partial charge on any atom is -0.352 e. The highest BCUT2D eigenvalue weighted by molar-refractivity contribution is 6.30. The normalized spacial score (nSPS) is 14.0. The Morgan fingerprint density at radius 2 is 1.97 bits per heavy atom. The van der Waals surface area contributed by atoms with Gasteiger partial charge in [0.1, 0.15) is 5.52 Å². The topological polar surface area (TPSA) is 88.9 Å². The highest BCUT2D eigenvalue weighted by atomic mass is 35.5. The molecule has 8 heteroatoms. The zero-order chi connectivity index (χ0) is 21.3. The summed E-state index contributed by atoms with van der Waals surface area (Å²) in [5.41, 5.74) is 1.45. The summed E-state index contributed by atoms with van der Waals surface area (Å²) in [4.78, 5) is 41.2. The van der Waals surface area contributed by atoms with Crippen molar-refractivity contribution in [3.05, 3.63) is 73.5 Å². The van der Waals surface area contributed by atoms with Gasteiger partial charge in [-0.25, -0.2) is 9.36 Å². The molecule has 1 aromatic carbocycles. The number of rotatable bonds is 5. The second-order valence-corrected chi connectivity index (χ2v) is 7.97. The van der Waals surface area contributed by atoms with Crippen molar-refractivity contribution < 1.29 is 4.79 Å². The Balaban J connectivity index is 1.65. The number of fused-ring (bicyclic) bond motifs is 1. The Labute approximate surface area is 178 Å². The van der Waals surface area contributed by atoms with E-state index in [-0.39, 0.29) is 22.5 Å². The van der Waals surface area contributed by atoms with Crippen molar-refractivity contribution in [2.75, 3.05) is 6.54 Å². The molecule has 0 atom stereocenters. The fourth-order valence-electron chi connectivity index (χ4n) is 3.93. The molecule has 0 radical (unpaired) electrons. The van der Waals surface area contributed by atoms with E-state index >= 15 is 0 Å². The van der Waals surface area contributed by atoms with E-state index in [1.54, 1.807) is 42.1 Å². The molecule has 0 saturated heterocycles. The maximum atomic E-state index is 13.1. The first-order valence-electron chi connectivity index (χ1n) is 10.0. The molecule has 156 valence electrons. The highest BCUT2D eigenvalue weighted by Gasteiger charge is 2.20. The fraction of sp³-hybridized carbons (Fsp3) is 0.318. The number of carbonyl (C=O) groups excluding carboxylic acids is 1. The number of carbonyl (C=O) groups is 1. The van der Waals surface area contributed by atoms with Crippen LogP contribution < -0.4 is 16.6 Å². The molecule has 30 heavy (non-hydrogen) atoms. The van der Waals surface area contributed by atoms with Crippen LogP contribution in [0.15, 0.2) is 51.7 Å². The van der Waals surface area contributed by atoms with E-state index in [0.717, 1.165) is 23.8 Å². The summed E-state index contributed by atoms with van der Waals surface area (Å²) in [6.45, 7) is 0.521. The molecule has 0 fully saturated rings. The quantitative estimate of drug-likeness (QED) is 0.613. The third-order valence-corrected chi connectivity index (χ3v) is 5.72. The summed E-state index contributed by atoms with van der Waals surface area (Å²) in [5.74, 6) is -0.309. The van der Waals surface area contributed by atoms with Gasteiger partial charge in [-0.05, 0) is 56.4 Å². The average Bonchev–Trinajstić information content (AvgIpc) is 3.06. The summed E-state index contributed by atoms with van der Waals surface area (Å²) in [7, 11) is 1.68. The minimum atomic E-state index is -0.609. The predicted molar refractivity (Wildman–Crippen MR) is 118 cm³/mol. The SMILES string of the molecule is Cn1cc(C(=O)NCCC2=CCCCC2)c2[nH]c(=O)n(-c3ccc(Cl)cc3)c(=O)c21. The Bertz CT molecular complexity index is 1250. The van der Waals surface area contributed by atoms with Gasteiger partial charge in [0, 0.05) is 24.8 Å². The predicted octanol–water partition coefficient (Wildman–Crippen LogP) is 3.29. The first-order chi connectivity index (χ1) is 14.5. The zero-order valence-corrected chi connectivity index (χ0v) is 17.5. The molecular weight excluding hydrogens is 404 g/mol. The number of aromatic nitrogens is 3. The molecular formula is C22H23ClN4O3. The van der Waals surface area contributed by atoms with Gasteiger partial charge >= 0.3 is 5.69 Å². The summed E-state index contributed by atoms with van der Waals surface area (Å²) < 4.78 is 2.61. The van der Waals surface area contributed by atoms with Crippen LogP contribution >= 0.6 is 11.6 Å². The lowest BCUT2D eigenvalue weighted by Gasteiger charge is -2.12. The van der Waals surface area contributed by atoms with E-state index in [0.29, 0.717) is 17.3 Å². The minimum absolute atomic E-state index is 0.243. The number of aryl methyl sites for hydroxylation is 1. The Hall–Kier alpha value is -3.06. The molecule has 2 aromatic heterocycles. The molecule has 1 aliphatic rings. The number of nitrogens with one attached hydrogen (secondary N) is 2. The lowest BCUT2D eigenvalue weighted by atomic mass is 9.97. The fourth-order valence-corrected chi connectivity index (χ4v) is 4.06. The first-order valence-corrected chi connectivity index (χ1v) is 10.4. The molecule has 7 nitrogen and oxygen atoms in total. The Kier molecular flexibility index (Phi) is 5.63. The second-order valence-electron chi connectivity index (χ2n) is 7.54. The summed E-state index contributed by atoms with van der Waals surface area (Å²) in [6, 6.07) is 6.42. The zero-order valence-electron chi connectivity index (χ0n) is 16.7. The molecule has 0 unspecified atom stereocenters. The van der Waals surface area contributed by atoms with Gasteiger partial charge in [-0.2, -0.15) is 0 Å². The van der Waals surface area contributed by atoms with E-state index in [2.05, 4.69) is 16.4 Å². The molecule has 1 amide bonds. The first kappa shape index (κ1) is 20.2. The Morgan fingerprint density at radius 3 is 2.67 bits per heavy atom. The van der Waals surface area contributed by atoms with Gasteiger partial charge in [-0.1, -0.05) is 23.3 Å². The number of allylic oxidation sites excluding steroid dienone is 1. The van der Waals surface area contributed by atoms with Crippen molar-refractivity contribution in [2.45, 2.75) is 32.1 Å². The second kappa shape index (κ2) is 8.36. The van der Waals surface area contributed by atoms with E-state index in [1.165, 1.54) is 18.4 Å². The number of H-pyrrole nitrogens is 1.